The number of alkyl halides is 3. The molecule has 0 atom stereocenters. The van der Waals surface area contributed by atoms with Crippen molar-refractivity contribution in [3.05, 3.63) is 53.6 Å². The summed E-state index contributed by atoms with van der Waals surface area (Å²) in [6, 6.07) is 4.13. The molecular formula is C18H17F4N3O2. The zero-order valence-electron chi connectivity index (χ0n) is 14.2. The highest BCUT2D eigenvalue weighted by atomic mass is 19.4. The van der Waals surface area contributed by atoms with Crippen molar-refractivity contribution in [1.82, 2.24) is 15.3 Å². The summed E-state index contributed by atoms with van der Waals surface area (Å²) in [5.74, 6) is -0.952. The zero-order valence-corrected chi connectivity index (χ0v) is 14.2. The van der Waals surface area contributed by atoms with Gasteiger partial charge in [0, 0.05) is 11.6 Å². The number of benzene rings is 1. The maximum absolute atomic E-state index is 12.8. The largest absolute Gasteiger partial charge is 0.460 e. The third kappa shape index (κ3) is 5.15. The van der Waals surface area contributed by atoms with E-state index in [1.54, 1.807) is 0 Å². The molecule has 0 bridgehead atoms. The van der Waals surface area contributed by atoms with Gasteiger partial charge >= 0.3 is 12.2 Å². The van der Waals surface area contributed by atoms with E-state index < -0.39 is 23.5 Å². The first kappa shape index (κ1) is 19.1. The molecular weight excluding hydrogens is 366 g/mol. The normalized spacial score (nSPS) is 20.1. The minimum absolute atomic E-state index is 0.0891. The molecule has 1 fully saturated rings. The van der Waals surface area contributed by atoms with Crippen LogP contribution in [0.3, 0.4) is 0 Å². The molecule has 3 rings (SSSR count). The molecule has 27 heavy (non-hydrogen) atoms. The summed E-state index contributed by atoms with van der Waals surface area (Å²) in [5, 5.41) is 2.83. The zero-order chi connectivity index (χ0) is 19.4. The van der Waals surface area contributed by atoms with E-state index in [2.05, 4.69) is 15.3 Å². The van der Waals surface area contributed by atoms with Gasteiger partial charge in [-0.2, -0.15) is 13.2 Å². The molecule has 5 nitrogen and oxygen atoms in total. The second-order valence-corrected chi connectivity index (χ2v) is 6.32. The van der Waals surface area contributed by atoms with E-state index in [0.29, 0.717) is 25.7 Å². The van der Waals surface area contributed by atoms with Crippen molar-refractivity contribution in [2.24, 2.45) is 0 Å². The summed E-state index contributed by atoms with van der Waals surface area (Å²) in [6.07, 6.45) is 0.0982. The van der Waals surface area contributed by atoms with Crippen molar-refractivity contribution in [1.29, 1.82) is 0 Å². The van der Waals surface area contributed by atoms with Gasteiger partial charge in [-0.3, -0.25) is 4.79 Å². The number of hydrogen-bond donors (Lipinski definition) is 1. The number of rotatable bonds is 4. The smallest absolute Gasteiger partial charge is 0.416 e. The van der Waals surface area contributed by atoms with E-state index >= 15 is 0 Å². The summed E-state index contributed by atoms with van der Waals surface area (Å²) >= 11 is 0. The Labute approximate surface area is 152 Å². The number of nitrogens with zero attached hydrogens (tertiary/aromatic N) is 2. The molecule has 1 saturated carbocycles. The molecule has 0 spiro atoms. The first-order valence-electron chi connectivity index (χ1n) is 8.43. The molecule has 0 radical (unpaired) electrons. The van der Waals surface area contributed by atoms with Crippen molar-refractivity contribution in [2.75, 3.05) is 0 Å². The molecule has 1 N–H and O–H groups in total. The third-order valence-corrected chi connectivity index (χ3v) is 4.35. The maximum Gasteiger partial charge on any atom is 0.416 e. The summed E-state index contributed by atoms with van der Waals surface area (Å²) in [4.78, 5) is 19.7. The minimum atomic E-state index is -4.43. The van der Waals surface area contributed by atoms with E-state index in [-0.39, 0.29) is 23.7 Å². The summed E-state index contributed by atoms with van der Waals surface area (Å²) in [5.41, 5.74) is -0.610. The Hall–Kier alpha value is -2.71. The average molecular weight is 383 g/mol. The maximum atomic E-state index is 12.8. The lowest BCUT2D eigenvalue weighted by atomic mass is 9.92. The molecule has 1 aromatic heterocycles. The molecule has 0 saturated heterocycles. The van der Waals surface area contributed by atoms with Gasteiger partial charge in [0.25, 0.3) is 5.91 Å². The van der Waals surface area contributed by atoms with E-state index in [0.717, 1.165) is 24.5 Å². The number of carbonyl (C=O) groups is 1. The molecule has 0 aliphatic heterocycles. The Morgan fingerprint density at radius 1 is 1.04 bits per heavy atom. The molecule has 1 heterocycles. The van der Waals surface area contributed by atoms with Crippen LogP contribution in [-0.4, -0.2) is 28.0 Å². The fraction of sp³-hybridized carbons (Fsp3) is 0.389. The van der Waals surface area contributed by atoms with Gasteiger partial charge in [-0.25, -0.2) is 14.4 Å². The predicted molar refractivity (Wildman–Crippen MR) is 87.6 cm³/mol. The van der Waals surface area contributed by atoms with Gasteiger partial charge in [-0.1, -0.05) is 0 Å². The molecule has 1 aliphatic carbocycles. The summed E-state index contributed by atoms with van der Waals surface area (Å²) < 4.78 is 56.1. The highest BCUT2D eigenvalue weighted by molar-refractivity contribution is 5.94. The lowest BCUT2D eigenvalue weighted by Crippen LogP contribution is -2.39. The van der Waals surface area contributed by atoms with Crippen LogP contribution in [0.25, 0.3) is 0 Å². The van der Waals surface area contributed by atoms with Crippen LogP contribution in [0.15, 0.2) is 36.7 Å². The number of halogens is 4. The molecule has 144 valence electrons. The molecule has 1 amide bonds. The second-order valence-electron chi connectivity index (χ2n) is 6.32. The predicted octanol–water partition coefficient (Wildman–Crippen LogP) is 3.75. The number of amides is 1. The number of ether oxygens (including phenoxy) is 1. The lowest BCUT2D eigenvalue weighted by Gasteiger charge is -2.28. The minimum Gasteiger partial charge on any atom is -0.460 e. The lowest BCUT2D eigenvalue weighted by molar-refractivity contribution is -0.137. The molecule has 1 aliphatic rings. The summed E-state index contributed by atoms with van der Waals surface area (Å²) in [6.45, 7) is 0. The SMILES string of the molecule is O=C(NC1CCC(Oc2ncc(F)cn2)CC1)c1ccc(C(F)(F)F)cc1. The van der Waals surface area contributed by atoms with Crippen LogP contribution in [0, 0.1) is 5.82 Å². The molecule has 1 aromatic carbocycles. The quantitative estimate of drug-likeness (QED) is 0.817. The van der Waals surface area contributed by atoms with Crippen LogP contribution in [0.1, 0.15) is 41.6 Å². The Morgan fingerprint density at radius 2 is 1.63 bits per heavy atom. The number of hydrogen-bond acceptors (Lipinski definition) is 4. The van der Waals surface area contributed by atoms with Gasteiger partial charge in [0.2, 0.25) is 0 Å². The number of aromatic nitrogens is 2. The number of carbonyl (C=O) groups excluding carboxylic acids is 1. The first-order valence-corrected chi connectivity index (χ1v) is 8.43. The van der Waals surface area contributed by atoms with Crippen molar-refractivity contribution in [3.63, 3.8) is 0 Å². The van der Waals surface area contributed by atoms with Gasteiger partial charge in [0.15, 0.2) is 5.82 Å². The fourth-order valence-corrected chi connectivity index (χ4v) is 2.91. The monoisotopic (exact) mass is 383 g/mol. The van der Waals surface area contributed by atoms with Gasteiger partial charge < -0.3 is 10.1 Å². The van der Waals surface area contributed by atoms with Crippen LogP contribution in [0.4, 0.5) is 17.6 Å². The Bertz CT molecular complexity index is 771. The summed E-state index contributed by atoms with van der Waals surface area (Å²) in [7, 11) is 0. The molecule has 2 aromatic rings. The van der Waals surface area contributed by atoms with Crippen LogP contribution in [-0.2, 0) is 6.18 Å². The van der Waals surface area contributed by atoms with Gasteiger partial charge in [-0.15, -0.1) is 0 Å². The Kier molecular flexibility index (Phi) is 5.57. The van der Waals surface area contributed by atoms with Crippen molar-refractivity contribution in [3.8, 4) is 6.01 Å². The van der Waals surface area contributed by atoms with E-state index in [1.807, 2.05) is 0 Å². The van der Waals surface area contributed by atoms with E-state index in [4.69, 9.17) is 4.74 Å². The van der Waals surface area contributed by atoms with E-state index in [9.17, 15) is 22.4 Å². The van der Waals surface area contributed by atoms with Crippen LogP contribution >= 0.6 is 0 Å². The van der Waals surface area contributed by atoms with E-state index in [1.165, 1.54) is 12.1 Å². The highest BCUT2D eigenvalue weighted by Gasteiger charge is 2.30. The number of nitrogens with one attached hydrogen (secondary N) is 1. The Morgan fingerprint density at radius 3 is 2.19 bits per heavy atom. The van der Waals surface area contributed by atoms with Crippen molar-refractivity contribution < 1.29 is 27.1 Å². The first-order chi connectivity index (χ1) is 12.8. The van der Waals surface area contributed by atoms with Crippen molar-refractivity contribution >= 4 is 5.91 Å². The standard InChI is InChI=1S/C18H17F4N3O2/c19-13-9-23-17(24-10-13)27-15-7-5-14(6-8-15)25-16(26)11-1-3-12(4-2-11)18(20,21)22/h1-4,9-10,14-15H,5-8H2,(H,25,26). The highest BCUT2D eigenvalue weighted by Crippen LogP contribution is 2.29. The molecule has 9 heteroatoms. The topological polar surface area (TPSA) is 64.1 Å². The van der Waals surface area contributed by atoms with Crippen LogP contribution in [0.5, 0.6) is 6.01 Å². The Balaban J connectivity index is 1.48. The second kappa shape index (κ2) is 7.89. The van der Waals surface area contributed by atoms with Crippen LogP contribution < -0.4 is 10.1 Å². The average Bonchev–Trinajstić information content (AvgIpc) is 2.64. The van der Waals surface area contributed by atoms with Crippen LogP contribution in [0.2, 0.25) is 0 Å². The van der Waals surface area contributed by atoms with Crippen molar-refractivity contribution in [2.45, 2.75) is 44.0 Å². The third-order valence-electron chi connectivity index (χ3n) is 4.35. The fourth-order valence-electron chi connectivity index (χ4n) is 2.91. The van der Waals surface area contributed by atoms with Gasteiger partial charge in [-0.05, 0) is 49.9 Å². The molecule has 0 unspecified atom stereocenters. The van der Waals surface area contributed by atoms with Gasteiger partial charge in [0.1, 0.15) is 6.10 Å². The van der Waals surface area contributed by atoms with Gasteiger partial charge in [0.05, 0.1) is 18.0 Å².